The van der Waals surface area contributed by atoms with E-state index in [-0.39, 0.29) is 19.1 Å². The first kappa shape index (κ1) is 16.5. The summed E-state index contributed by atoms with van der Waals surface area (Å²) in [5.41, 5.74) is -0.107. The minimum atomic E-state index is -1.16. The fourth-order valence-electron chi connectivity index (χ4n) is 2.53. The van der Waals surface area contributed by atoms with Gasteiger partial charge in [-0.3, -0.25) is 9.59 Å². The van der Waals surface area contributed by atoms with Gasteiger partial charge in [0.05, 0.1) is 26.4 Å². The Morgan fingerprint density at radius 1 is 1.09 bits per heavy atom. The molecule has 120 valence electrons. The van der Waals surface area contributed by atoms with Crippen LogP contribution in [0.3, 0.4) is 0 Å². The van der Waals surface area contributed by atoms with Crippen LogP contribution in [0.5, 0.6) is 0 Å². The Kier molecular flexibility index (Phi) is 5.55. The second-order valence-electron chi connectivity index (χ2n) is 5.31. The van der Waals surface area contributed by atoms with E-state index in [1.54, 1.807) is 13.8 Å². The van der Waals surface area contributed by atoms with Gasteiger partial charge in [-0.25, -0.2) is 0 Å². The molecule has 5 heteroatoms. The minimum absolute atomic E-state index is 0.172. The van der Waals surface area contributed by atoms with Crippen LogP contribution in [-0.4, -0.2) is 31.8 Å². The molecule has 1 aliphatic rings. The van der Waals surface area contributed by atoms with Crippen LogP contribution in [0, 0.1) is 11.3 Å². The van der Waals surface area contributed by atoms with Gasteiger partial charge in [-0.15, -0.1) is 0 Å². The quantitative estimate of drug-likeness (QED) is 0.545. The summed E-state index contributed by atoms with van der Waals surface area (Å²) in [5, 5.41) is 0. The number of hydrogen-bond donors (Lipinski definition) is 0. The van der Waals surface area contributed by atoms with Crippen molar-refractivity contribution in [2.24, 2.45) is 11.3 Å². The van der Waals surface area contributed by atoms with E-state index in [0.717, 1.165) is 5.56 Å². The number of carbonyl (C=O) groups excluding carboxylic acids is 2. The maximum atomic E-state index is 12.1. The van der Waals surface area contributed by atoms with Crippen LogP contribution in [0.2, 0.25) is 0 Å². The van der Waals surface area contributed by atoms with Crippen molar-refractivity contribution >= 4 is 11.9 Å². The SMILES string of the molecule is CCOC(=O)C1(C(=O)OCC)C[C@H]1COCc1ccccc1. The number of rotatable bonds is 8. The normalized spacial score (nSPS) is 18.5. The zero-order valence-corrected chi connectivity index (χ0v) is 13.0. The summed E-state index contributed by atoms with van der Waals surface area (Å²) in [7, 11) is 0. The maximum Gasteiger partial charge on any atom is 0.323 e. The van der Waals surface area contributed by atoms with Crippen LogP contribution in [-0.2, 0) is 30.4 Å². The molecular weight excluding hydrogens is 284 g/mol. The standard InChI is InChI=1S/C17H22O5/c1-3-21-15(18)17(16(19)22-4-2)10-14(17)12-20-11-13-8-6-5-7-9-13/h5-9,14H,3-4,10-12H2,1-2H3/t14-/m0/s1. The van der Waals surface area contributed by atoms with Crippen LogP contribution in [0.4, 0.5) is 0 Å². The van der Waals surface area contributed by atoms with Crippen molar-refractivity contribution in [2.45, 2.75) is 26.9 Å². The molecule has 1 saturated carbocycles. The summed E-state index contributed by atoms with van der Waals surface area (Å²) in [6.45, 7) is 4.74. The van der Waals surface area contributed by atoms with Crippen LogP contribution in [0.15, 0.2) is 30.3 Å². The summed E-state index contributed by atoms with van der Waals surface area (Å²) < 4.78 is 15.7. The molecule has 0 radical (unpaired) electrons. The number of hydrogen-bond acceptors (Lipinski definition) is 5. The van der Waals surface area contributed by atoms with Gasteiger partial charge in [-0.1, -0.05) is 30.3 Å². The lowest BCUT2D eigenvalue weighted by Gasteiger charge is -2.14. The summed E-state index contributed by atoms with van der Waals surface area (Å²) in [4.78, 5) is 24.2. The van der Waals surface area contributed by atoms with Gasteiger partial charge in [-0.2, -0.15) is 0 Å². The van der Waals surface area contributed by atoms with Gasteiger partial charge in [0.2, 0.25) is 0 Å². The van der Waals surface area contributed by atoms with E-state index < -0.39 is 17.4 Å². The molecule has 0 unspecified atom stereocenters. The van der Waals surface area contributed by atoms with Gasteiger partial charge in [0.1, 0.15) is 0 Å². The molecule has 22 heavy (non-hydrogen) atoms. The summed E-state index contributed by atoms with van der Waals surface area (Å²) in [6, 6.07) is 9.76. The number of ether oxygens (including phenoxy) is 3. The number of benzene rings is 1. The molecule has 0 aromatic heterocycles. The van der Waals surface area contributed by atoms with E-state index in [9.17, 15) is 9.59 Å². The predicted octanol–water partition coefficient (Wildman–Crippen LogP) is 2.34. The molecule has 0 aliphatic heterocycles. The van der Waals surface area contributed by atoms with Gasteiger partial charge in [0.25, 0.3) is 0 Å². The first-order valence-electron chi connectivity index (χ1n) is 7.61. The number of carbonyl (C=O) groups is 2. The highest BCUT2D eigenvalue weighted by atomic mass is 16.6. The second-order valence-corrected chi connectivity index (χ2v) is 5.31. The molecule has 1 aliphatic carbocycles. The highest BCUT2D eigenvalue weighted by Gasteiger charge is 2.68. The zero-order valence-electron chi connectivity index (χ0n) is 13.0. The van der Waals surface area contributed by atoms with E-state index >= 15 is 0 Å². The zero-order chi connectivity index (χ0) is 16.0. The second kappa shape index (κ2) is 7.40. The lowest BCUT2D eigenvalue weighted by molar-refractivity contribution is -0.165. The van der Waals surface area contributed by atoms with E-state index in [0.29, 0.717) is 19.6 Å². The Labute approximate surface area is 130 Å². The van der Waals surface area contributed by atoms with Gasteiger partial charge < -0.3 is 14.2 Å². The average Bonchev–Trinajstić information content (AvgIpc) is 3.25. The van der Waals surface area contributed by atoms with E-state index in [1.807, 2.05) is 30.3 Å². The van der Waals surface area contributed by atoms with Crippen LogP contribution >= 0.6 is 0 Å². The van der Waals surface area contributed by atoms with Crippen LogP contribution in [0.1, 0.15) is 25.8 Å². The highest BCUT2D eigenvalue weighted by Crippen LogP contribution is 2.54. The Bertz CT molecular complexity index is 493. The van der Waals surface area contributed by atoms with Crippen LogP contribution < -0.4 is 0 Å². The molecule has 5 nitrogen and oxygen atoms in total. The lowest BCUT2D eigenvalue weighted by atomic mass is 10.0. The fourth-order valence-corrected chi connectivity index (χ4v) is 2.53. The van der Waals surface area contributed by atoms with Gasteiger partial charge >= 0.3 is 11.9 Å². The molecule has 2 rings (SSSR count). The molecule has 1 fully saturated rings. The van der Waals surface area contributed by atoms with Crippen molar-refractivity contribution in [1.82, 2.24) is 0 Å². The summed E-state index contributed by atoms with van der Waals surface area (Å²) >= 11 is 0. The third-order valence-corrected chi connectivity index (χ3v) is 3.82. The minimum Gasteiger partial charge on any atom is -0.465 e. The monoisotopic (exact) mass is 306 g/mol. The molecule has 0 N–H and O–H groups in total. The Hall–Kier alpha value is -1.88. The molecule has 1 aromatic rings. The number of esters is 2. The highest BCUT2D eigenvalue weighted by molar-refractivity contribution is 6.03. The first-order valence-corrected chi connectivity index (χ1v) is 7.61. The molecular formula is C17H22O5. The van der Waals surface area contributed by atoms with Crippen molar-refractivity contribution in [3.05, 3.63) is 35.9 Å². The molecule has 1 aromatic carbocycles. The van der Waals surface area contributed by atoms with Crippen molar-refractivity contribution in [3.63, 3.8) is 0 Å². The van der Waals surface area contributed by atoms with Crippen molar-refractivity contribution < 1.29 is 23.8 Å². The molecule has 0 heterocycles. The predicted molar refractivity (Wildman–Crippen MR) is 79.9 cm³/mol. The molecule has 0 bridgehead atoms. The van der Waals surface area contributed by atoms with E-state index in [1.165, 1.54) is 0 Å². The Morgan fingerprint density at radius 2 is 1.68 bits per heavy atom. The first-order chi connectivity index (χ1) is 10.6. The lowest BCUT2D eigenvalue weighted by Crippen LogP contribution is -2.32. The smallest absolute Gasteiger partial charge is 0.323 e. The molecule has 1 atom stereocenters. The maximum absolute atomic E-state index is 12.1. The third-order valence-electron chi connectivity index (χ3n) is 3.82. The van der Waals surface area contributed by atoms with Crippen molar-refractivity contribution in [2.75, 3.05) is 19.8 Å². The average molecular weight is 306 g/mol. The van der Waals surface area contributed by atoms with Gasteiger partial charge in [0, 0.05) is 5.92 Å². The van der Waals surface area contributed by atoms with Crippen LogP contribution in [0.25, 0.3) is 0 Å². The van der Waals surface area contributed by atoms with E-state index in [4.69, 9.17) is 14.2 Å². The largest absolute Gasteiger partial charge is 0.465 e. The Morgan fingerprint density at radius 3 is 2.23 bits per heavy atom. The molecule has 0 spiro atoms. The molecule has 0 saturated heterocycles. The molecule has 0 amide bonds. The third kappa shape index (κ3) is 3.47. The summed E-state index contributed by atoms with van der Waals surface area (Å²) in [6.07, 6.45) is 0.430. The fraction of sp³-hybridized carbons (Fsp3) is 0.529. The van der Waals surface area contributed by atoms with Crippen molar-refractivity contribution in [1.29, 1.82) is 0 Å². The van der Waals surface area contributed by atoms with E-state index in [2.05, 4.69) is 0 Å². The van der Waals surface area contributed by atoms with Gasteiger partial charge in [0.15, 0.2) is 5.41 Å². The Balaban J connectivity index is 1.91. The van der Waals surface area contributed by atoms with Gasteiger partial charge in [-0.05, 0) is 25.8 Å². The topological polar surface area (TPSA) is 61.8 Å². The van der Waals surface area contributed by atoms with Crippen molar-refractivity contribution in [3.8, 4) is 0 Å². The summed E-state index contributed by atoms with van der Waals surface area (Å²) in [5.74, 6) is -1.17.